The fourth-order valence-corrected chi connectivity index (χ4v) is 1.05. The molecule has 0 spiro atoms. The van der Waals surface area contributed by atoms with Crippen LogP contribution in [0.25, 0.3) is 0 Å². The summed E-state index contributed by atoms with van der Waals surface area (Å²) in [6.07, 6.45) is 7.33. The minimum Gasteiger partial charge on any atom is -0.384 e. The molecule has 0 saturated carbocycles. The monoisotopic (exact) mass is 151 g/mol. The topological polar surface area (TPSA) is 70.5 Å². The molecule has 0 fully saturated rings. The van der Waals surface area contributed by atoms with Gasteiger partial charge in [0.25, 0.3) is 0 Å². The first kappa shape index (κ1) is 6.26. The first-order valence-corrected chi connectivity index (χ1v) is 3.23. The second-order valence-electron chi connectivity index (χ2n) is 2.35. The zero-order valence-electron chi connectivity index (χ0n) is 5.86. The van der Waals surface area contributed by atoms with E-state index in [-0.39, 0.29) is 0 Å². The molecule has 5 nitrogen and oxygen atoms in total. The zero-order valence-corrected chi connectivity index (χ0v) is 5.86. The first-order chi connectivity index (χ1) is 5.27. The third-order valence-electron chi connectivity index (χ3n) is 1.54. The van der Waals surface area contributed by atoms with Crippen LogP contribution in [0, 0.1) is 0 Å². The Labute approximate surface area is 64.1 Å². The molecule has 2 aliphatic heterocycles. The van der Waals surface area contributed by atoms with Crippen molar-refractivity contribution in [3.63, 3.8) is 0 Å². The third kappa shape index (κ3) is 0.866. The maximum atomic E-state index is 5.63. The Morgan fingerprint density at radius 1 is 1.45 bits per heavy atom. The number of nitrogens with one attached hydrogen (secondary N) is 1. The standard InChI is InChI=1S/C6H9N5/c7-6-3-1-2-5-4-10(8)9-11(5)6/h1-4,9H,7-8H2. The maximum Gasteiger partial charge on any atom is 0.120 e. The summed E-state index contributed by atoms with van der Waals surface area (Å²) in [7, 11) is 0. The fourth-order valence-electron chi connectivity index (χ4n) is 1.05. The Hall–Kier alpha value is -1.46. The van der Waals surface area contributed by atoms with Crippen molar-refractivity contribution in [3.8, 4) is 0 Å². The van der Waals surface area contributed by atoms with E-state index in [1.165, 1.54) is 5.12 Å². The predicted molar refractivity (Wildman–Crippen MR) is 40.5 cm³/mol. The van der Waals surface area contributed by atoms with Crippen LogP contribution in [-0.4, -0.2) is 10.1 Å². The highest BCUT2D eigenvalue weighted by molar-refractivity contribution is 5.31. The summed E-state index contributed by atoms with van der Waals surface area (Å²) in [4.78, 5) is 0. The van der Waals surface area contributed by atoms with Gasteiger partial charge < -0.3 is 5.73 Å². The average Bonchev–Trinajstić information content (AvgIpc) is 2.31. The first-order valence-electron chi connectivity index (χ1n) is 3.23. The van der Waals surface area contributed by atoms with Crippen molar-refractivity contribution in [1.82, 2.24) is 15.7 Å². The number of hydrogen-bond acceptors (Lipinski definition) is 5. The lowest BCUT2D eigenvalue weighted by molar-refractivity contribution is 0.163. The lowest BCUT2D eigenvalue weighted by Gasteiger charge is -2.22. The highest BCUT2D eigenvalue weighted by Gasteiger charge is 2.19. The van der Waals surface area contributed by atoms with Gasteiger partial charge in [-0.05, 0) is 12.2 Å². The molecule has 0 unspecified atom stereocenters. The van der Waals surface area contributed by atoms with Crippen LogP contribution >= 0.6 is 0 Å². The largest absolute Gasteiger partial charge is 0.384 e. The van der Waals surface area contributed by atoms with Crippen molar-refractivity contribution in [3.05, 3.63) is 35.9 Å². The van der Waals surface area contributed by atoms with Crippen molar-refractivity contribution in [2.45, 2.75) is 0 Å². The molecule has 0 radical (unpaired) electrons. The van der Waals surface area contributed by atoms with Crippen molar-refractivity contribution < 1.29 is 0 Å². The van der Waals surface area contributed by atoms with Crippen molar-refractivity contribution in [2.75, 3.05) is 0 Å². The summed E-state index contributed by atoms with van der Waals surface area (Å²) in [5.74, 6) is 6.08. The molecule has 0 aromatic heterocycles. The van der Waals surface area contributed by atoms with Crippen LogP contribution in [0.3, 0.4) is 0 Å². The van der Waals surface area contributed by atoms with E-state index in [1.54, 1.807) is 17.3 Å². The highest BCUT2D eigenvalue weighted by Crippen LogP contribution is 2.17. The number of nitrogens with zero attached hydrogens (tertiary/aromatic N) is 2. The molecular formula is C6H9N5. The van der Waals surface area contributed by atoms with Crippen LogP contribution in [-0.2, 0) is 0 Å². The van der Waals surface area contributed by atoms with E-state index >= 15 is 0 Å². The molecule has 0 aromatic carbocycles. The van der Waals surface area contributed by atoms with Crippen molar-refractivity contribution >= 4 is 0 Å². The average molecular weight is 151 g/mol. The predicted octanol–water partition coefficient (Wildman–Crippen LogP) is -0.891. The van der Waals surface area contributed by atoms with Gasteiger partial charge >= 0.3 is 0 Å². The molecule has 5 N–H and O–H groups in total. The molecule has 0 amide bonds. The molecule has 2 aliphatic rings. The lowest BCUT2D eigenvalue weighted by Crippen LogP contribution is -2.45. The van der Waals surface area contributed by atoms with E-state index < -0.39 is 0 Å². The molecule has 0 atom stereocenters. The number of allylic oxidation sites excluding steroid dienone is 3. The Balaban J connectivity index is 2.33. The van der Waals surface area contributed by atoms with Gasteiger partial charge in [0.2, 0.25) is 0 Å². The van der Waals surface area contributed by atoms with Crippen LogP contribution in [0.1, 0.15) is 0 Å². The summed E-state index contributed by atoms with van der Waals surface area (Å²) < 4.78 is 0. The van der Waals surface area contributed by atoms with Gasteiger partial charge in [0.1, 0.15) is 5.82 Å². The van der Waals surface area contributed by atoms with Crippen LogP contribution in [0.5, 0.6) is 0 Å². The maximum absolute atomic E-state index is 5.63. The Morgan fingerprint density at radius 2 is 2.27 bits per heavy atom. The molecule has 5 heteroatoms. The number of hydrazine groups is 3. The Morgan fingerprint density at radius 3 is 3.00 bits per heavy atom. The van der Waals surface area contributed by atoms with Crippen molar-refractivity contribution in [2.24, 2.45) is 11.6 Å². The van der Waals surface area contributed by atoms with Crippen LogP contribution in [0.4, 0.5) is 0 Å². The Bertz CT molecular complexity index is 264. The minimum absolute atomic E-state index is 0.631. The molecule has 0 aliphatic carbocycles. The number of fused-ring (bicyclic) bond motifs is 1. The van der Waals surface area contributed by atoms with E-state index in [0.29, 0.717) is 5.82 Å². The SMILES string of the molecule is NC1=CC=CC2=CN(N)NN12. The highest BCUT2D eigenvalue weighted by atomic mass is 15.9. The molecule has 0 aromatic rings. The molecular weight excluding hydrogens is 142 g/mol. The lowest BCUT2D eigenvalue weighted by atomic mass is 10.3. The minimum atomic E-state index is 0.631. The smallest absolute Gasteiger partial charge is 0.120 e. The van der Waals surface area contributed by atoms with Gasteiger partial charge in [-0.15, -0.1) is 5.53 Å². The van der Waals surface area contributed by atoms with Gasteiger partial charge in [-0.2, -0.15) is 0 Å². The van der Waals surface area contributed by atoms with Crippen LogP contribution < -0.4 is 17.1 Å². The van der Waals surface area contributed by atoms with Crippen molar-refractivity contribution in [1.29, 1.82) is 0 Å². The van der Waals surface area contributed by atoms with E-state index in [9.17, 15) is 0 Å². The van der Waals surface area contributed by atoms with E-state index in [4.69, 9.17) is 11.6 Å². The molecule has 0 bridgehead atoms. The van der Waals surface area contributed by atoms with Gasteiger partial charge in [0, 0.05) is 0 Å². The third-order valence-corrected chi connectivity index (χ3v) is 1.54. The van der Waals surface area contributed by atoms with Crippen LogP contribution in [0.15, 0.2) is 35.9 Å². The zero-order chi connectivity index (χ0) is 7.84. The number of hydrogen-bond donors (Lipinski definition) is 3. The van der Waals surface area contributed by atoms with Gasteiger partial charge in [-0.25, -0.2) is 16.0 Å². The van der Waals surface area contributed by atoms with E-state index in [2.05, 4.69) is 5.53 Å². The molecule has 0 saturated heterocycles. The van der Waals surface area contributed by atoms with Gasteiger partial charge in [-0.1, -0.05) is 6.08 Å². The van der Waals surface area contributed by atoms with Gasteiger partial charge in [-0.3, -0.25) is 0 Å². The second-order valence-corrected chi connectivity index (χ2v) is 2.35. The second kappa shape index (κ2) is 2.01. The van der Waals surface area contributed by atoms with E-state index in [0.717, 1.165) is 5.70 Å². The molecule has 58 valence electrons. The quantitative estimate of drug-likeness (QED) is 0.392. The summed E-state index contributed by atoms with van der Waals surface area (Å²) in [5.41, 5.74) is 9.38. The summed E-state index contributed by atoms with van der Waals surface area (Å²) in [6, 6.07) is 0. The normalized spacial score (nSPS) is 21.5. The van der Waals surface area contributed by atoms with Gasteiger partial charge in [0.05, 0.1) is 11.9 Å². The molecule has 11 heavy (non-hydrogen) atoms. The summed E-state index contributed by atoms with van der Waals surface area (Å²) in [6.45, 7) is 0. The van der Waals surface area contributed by atoms with Gasteiger partial charge in [0.15, 0.2) is 0 Å². The van der Waals surface area contributed by atoms with Crippen LogP contribution in [0.2, 0.25) is 0 Å². The summed E-state index contributed by atoms with van der Waals surface area (Å²) in [5, 5.41) is 3.05. The fraction of sp³-hybridized carbons (Fsp3) is 0. The van der Waals surface area contributed by atoms with E-state index in [1.807, 2.05) is 12.2 Å². The molecule has 2 heterocycles. The number of nitrogens with two attached hydrogens (primary N) is 2. The Kier molecular flexibility index (Phi) is 1.14. The number of rotatable bonds is 0. The molecule has 2 rings (SSSR count). The summed E-state index contributed by atoms with van der Waals surface area (Å²) >= 11 is 0.